The molecule has 7 nitrogen and oxygen atoms in total. The number of nitrogens with zero attached hydrogens (tertiary/aromatic N) is 1. The van der Waals surface area contributed by atoms with E-state index < -0.39 is 39.9 Å². The van der Waals surface area contributed by atoms with Crippen LogP contribution in [0.2, 0.25) is 0 Å². The smallest absolute Gasteiger partial charge is 0.341 e. The second-order valence-corrected chi connectivity index (χ2v) is 8.87. The number of allylic oxidation sites excluding steroid dienone is 1. The molecule has 1 aliphatic carbocycles. The molecule has 0 heterocycles. The summed E-state index contributed by atoms with van der Waals surface area (Å²) in [6, 6.07) is 2.85. The molecule has 0 aliphatic heterocycles. The molecule has 28 heavy (non-hydrogen) atoms. The van der Waals surface area contributed by atoms with Crippen LogP contribution in [0, 0.1) is 5.82 Å². The van der Waals surface area contributed by atoms with E-state index in [-0.39, 0.29) is 4.90 Å². The third-order valence-electron chi connectivity index (χ3n) is 4.42. The molecule has 0 radical (unpaired) electrons. The Hall–Kier alpha value is -2.26. The molecule has 0 fully saturated rings. The van der Waals surface area contributed by atoms with Crippen LogP contribution in [0.4, 0.5) is 4.39 Å². The van der Waals surface area contributed by atoms with Gasteiger partial charge < -0.3 is 10.1 Å². The Morgan fingerprint density at radius 2 is 2.00 bits per heavy atom. The van der Waals surface area contributed by atoms with Gasteiger partial charge >= 0.3 is 5.97 Å². The van der Waals surface area contributed by atoms with Crippen molar-refractivity contribution in [1.29, 1.82) is 0 Å². The van der Waals surface area contributed by atoms with E-state index in [0.717, 1.165) is 48.2 Å². The third-order valence-corrected chi connectivity index (χ3v) is 6.24. The summed E-state index contributed by atoms with van der Waals surface area (Å²) in [5.74, 6) is -2.52. The van der Waals surface area contributed by atoms with Crippen LogP contribution in [0.25, 0.3) is 0 Å². The molecule has 0 saturated heterocycles. The van der Waals surface area contributed by atoms with Gasteiger partial charge in [-0.3, -0.25) is 4.79 Å². The fourth-order valence-corrected chi connectivity index (χ4v) is 3.71. The summed E-state index contributed by atoms with van der Waals surface area (Å²) in [6.07, 6.45) is 7.39. The number of nitrogens with one attached hydrogen (secondary N) is 1. The molecule has 154 valence electrons. The van der Waals surface area contributed by atoms with Crippen LogP contribution in [0.15, 0.2) is 34.7 Å². The minimum atomic E-state index is -3.83. The molecule has 1 N–H and O–H groups in total. The Morgan fingerprint density at radius 3 is 2.64 bits per heavy atom. The van der Waals surface area contributed by atoms with Crippen LogP contribution in [-0.2, 0) is 19.6 Å². The van der Waals surface area contributed by atoms with E-state index in [9.17, 15) is 22.4 Å². The number of carbonyl (C=O) groups excluding carboxylic acids is 2. The first-order valence-corrected chi connectivity index (χ1v) is 10.5. The van der Waals surface area contributed by atoms with Crippen molar-refractivity contribution < 1.29 is 27.1 Å². The zero-order chi connectivity index (χ0) is 20.7. The van der Waals surface area contributed by atoms with Crippen molar-refractivity contribution in [3.63, 3.8) is 0 Å². The van der Waals surface area contributed by atoms with Gasteiger partial charge in [0.25, 0.3) is 5.91 Å². The summed E-state index contributed by atoms with van der Waals surface area (Å²) in [7, 11) is -1.18. The molecule has 9 heteroatoms. The summed E-state index contributed by atoms with van der Waals surface area (Å²) < 4.78 is 43.9. The number of carbonyl (C=O) groups is 2. The monoisotopic (exact) mass is 412 g/mol. The highest BCUT2D eigenvalue weighted by Gasteiger charge is 2.22. The lowest BCUT2D eigenvalue weighted by Crippen LogP contribution is -2.30. The fraction of sp³-hybridized carbons (Fsp3) is 0.474. The number of sulfonamides is 1. The molecule has 1 aromatic rings. The Morgan fingerprint density at radius 1 is 1.25 bits per heavy atom. The molecule has 0 saturated carbocycles. The average molecular weight is 412 g/mol. The maximum atomic E-state index is 13.9. The van der Waals surface area contributed by atoms with E-state index in [0.29, 0.717) is 6.54 Å². The number of esters is 1. The highest BCUT2D eigenvalue weighted by molar-refractivity contribution is 7.89. The first kappa shape index (κ1) is 22.0. The van der Waals surface area contributed by atoms with Gasteiger partial charge in [-0.1, -0.05) is 11.6 Å². The van der Waals surface area contributed by atoms with Crippen LogP contribution in [-0.4, -0.2) is 51.8 Å². The molecular weight excluding hydrogens is 387 g/mol. The number of benzene rings is 1. The number of hydrogen-bond acceptors (Lipinski definition) is 5. The van der Waals surface area contributed by atoms with E-state index in [1.807, 2.05) is 0 Å². The van der Waals surface area contributed by atoms with Crippen molar-refractivity contribution in [2.24, 2.45) is 0 Å². The molecule has 0 atom stereocenters. The Balaban J connectivity index is 1.90. The Bertz CT molecular complexity index is 865. The van der Waals surface area contributed by atoms with Crippen molar-refractivity contribution in [2.75, 3.05) is 27.2 Å². The molecule has 0 bridgehead atoms. The zero-order valence-electron chi connectivity index (χ0n) is 16.0. The van der Waals surface area contributed by atoms with Gasteiger partial charge in [0, 0.05) is 20.6 Å². The maximum absolute atomic E-state index is 13.9. The zero-order valence-corrected chi connectivity index (χ0v) is 16.9. The fourth-order valence-electron chi connectivity index (χ4n) is 2.79. The molecule has 1 aliphatic rings. The van der Waals surface area contributed by atoms with E-state index in [2.05, 4.69) is 11.4 Å². The van der Waals surface area contributed by atoms with Crippen molar-refractivity contribution in [2.45, 2.75) is 37.0 Å². The minimum absolute atomic E-state index is 0.240. The van der Waals surface area contributed by atoms with Gasteiger partial charge in [-0.25, -0.2) is 21.9 Å². The van der Waals surface area contributed by atoms with Gasteiger partial charge in [0.05, 0.1) is 10.5 Å². The van der Waals surface area contributed by atoms with Crippen LogP contribution in [0.1, 0.15) is 42.5 Å². The van der Waals surface area contributed by atoms with E-state index in [4.69, 9.17) is 4.74 Å². The van der Waals surface area contributed by atoms with Gasteiger partial charge in [0.15, 0.2) is 6.61 Å². The van der Waals surface area contributed by atoms with E-state index >= 15 is 0 Å². The Labute approximate surface area is 164 Å². The largest absolute Gasteiger partial charge is 0.452 e. The SMILES string of the molecule is CN(C)S(=O)(=O)c1ccc(F)c(C(=O)OCC(=O)NCCC2=CCCCC2)c1. The second kappa shape index (κ2) is 9.79. The number of hydrogen-bond donors (Lipinski definition) is 1. The second-order valence-electron chi connectivity index (χ2n) is 6.71. The summed E-state index contributed by atoms with van der Waals surface area (Å²) >= 11 is 0. The number of rotatable bonds is 8. The quantitative estimate of drug-likeness (QED) is 0.522. The minimum Gasteiger partial charge on any atom is -0.452 e. The highest BCUT2D eigenvalue weighted by atomic mass is 32.2. The number of halogens is 1. The third kappa shape index (κ3) is 5.87. The van der Waals surface area contributed by atoms with Crippen molar-refractivity contribution in [3.8, 4) is 0 Å². The molecule has 0 aromatic heterocycles. The van der Waals surface area contributed by atoms with E-state index in [1.165, 1.54) is 26.1 Å². The number of amides is 1. The average Bonchev–Trinajstić information content (AvgIpc) is 2.67. The lowest BCUT2D eigenvalue weighted by atomic mass is 9.97. The van der Waals surface area contributed by atoms with Gasteiger partial charge in [-0.2, -0.15) is 0 Å². The van der Waals surface area contributed by atoms with E-state index in [1.54, 1.807) is 0 Å². The van der Waals surface area contributed by atoms with Crippen LogP contribution >= 0.6 is 0 Å². The summed E-state index contributed by atoms with van der Waals surface area (Å²) in [5, 5.41) is 2.65. The molecule has 0 unspecified atom stereocenters. The molecular formula is C19H25FN2O5S. The van der Waals surface area contributed by atoms with Crippen LogP contribution in [0.5, 0.6) is 0 Å². The molecule has 1 aromatic carbocycles. The highest BCUT2D eigenvalue weighted by Crippen LogP contribution is 2.20. The first-order valence-electron chi connectivity index (χ1n) is 9.05. The van der Waals surface area contributed by atoms with Crippen LogP contribution < -0.4 is 5.32 Å². The Kier molecular flexibility index (Phi) is 7.70. The van der Waals surface area contributed by atoms with Gasteiger partial charge in [-0.05, 0) is 50.3 Å². The normalized spacial score (nSPS) is 14.5. The lowest BCUT2D eigenvalue weighted by Gasteiger charge is -2.13. The maximum Gasteiger partial charge on any atom is 0.341 e. The molecule has 2 rings (SSSR count). The van der Waals surface area contributed by atoms with Gasteiger partial charge in [0.1, 0.15) is 5.82 Å². The van der Waals surface area contributed by atoms with Crippen molar-refractivity contribution in [3.05, 3.63) is 41.2 Å². The standard InChI is InChI=1S/C19H25FN2O5S/c1-22(2)28(25,26)15-8-9-17(20)16(12-15)19(24)27-13-18(23)21-11-10-14-6-4-3-5-7-14/h6,8-9,12H,3-5,7,10-11,13H2,1-2H3,(H,21,23). The van der Waals surface area contributed by atoms with Crippen molar-refractivity contribution in [1.82, 2.24) is 9.62 Å². The molecule has 0 spiro atoms. The van der Waals surface area contributed by atoms with Gasteiger partial charge in [-0.15, -0.1) is 0 Å². The predicted octanol–water partition coefficient (Wildman–Crippen LogP) is 2.24. The van der Waals surface area contributed by atoms with Crippen LogP contribution in [0.3, 0.4) is 0 Å². The first-order chi connectivity index (χ1) is 13.2. The predicted molar refractivity (Wildman–Crippen MR) is 102 cm³/mol. The molecule has 1 amide bonds. The summed E-state index contributed by atoms with van der Waals surface area (Å²) in [5.41, 5.74) is 0.771. The summed E-state index contributed by atoms with van der Waals surface area (Å²) in [4.78, 5) is 23.7. The lowest BCUT2D eigenvalue weighted by molar-refractivity contribution is -0.124. The van der Waals surface area contributed by atoms with Gasteiger partial charge in [0.2, 0.25) is 10.0 Å². The number of ether oxygens (including phenoxy) is 1. The van der Waals surface area contributed by atoms with Crippen molar-refractivity contribution >= 4 is 21.9 Å². The topological polar surface area (TPSA) is 92.8 Å². The summed E-state index contributed by atoms with van der Waals surface area (Å²) in [6.45, 7) is -0.130.